The molecule has 3 aromatic rings. The highest BCUT2D eigenvalue weighted by Gasteiger charge is 2.33. The summed E-state index contributed by atoms with van der Waals surface area (Å²) in [6.45, 7) is 0.677. The van der Waals surface area contributed by atoms with Gasteiger partial charge >= 0.3 is 0 Å². The fourth-order valence-corrected chi connectivity index (χ4v) is 5.63. The van der Waals surface area contributed by atoms with Crippen LogP contribution in [0.15, 0.2) is 77.4 Å². The van der Waals surface area contributed by atoms with Crippen LogP contribution in [0.5, 0.6) is 17.2 Å². The highest BCUT2D eigenvalue weighted by molar-refractivity contribution is 8.14. The lowest BCUT2D eigenvalue weighted by Crippen LogP contribution is -2.37. The summed E-state index contributed by atoms with van der Waals surface area (Å²) in [4.78, 5) is 35.0. The SMILES string of the molecule is COc1cc(/C=C2/N=C(SCC(=O)N3CCCc4ccccc43)N(c3ccccc3)C2=O)cc(OC)c1OC. The molecular weight excluding hydrogens is 514 g/mol. The summed E-state index contributed by atoms with van der Waals surface area (Å²) in [5.74, 6) is 1.26. The Hall–Kier alpha value is -4.24. The zero-order chi connectivity index (χ0) is 27.4. The average Bonchev–Trinajstić information content (AvgIpc) is 3.29. The number of amidine groups is 1. The standard InChI is InChI=1S/C30H29N3O5S/c1-36-25-17-20(18-26(37-2)28(25)38-3)16-23-29(35)33(22-12-5-4-6-13-22)30(31-23)39-19-27(34)32-15-9-11-21-10-7-8-14-24(21)32/h4-8,10,12-14,16-18H,9,11,15,19H2,1-3H3/b23-16+. The molecule has 2 aliphatic heterocycles. The Bertz CT molecular complexity index is 1430. The van der Waals surface area contributed by atoms with Gasteiger partial charge in [0.25, 0.3) is 5.91 Å². The van der Waals surface area contributed by atoms with Gasteiger partial charge in [0.1, 0.15) is 5.70 Å². The third-order valence-electron chi connectivity index (χ3n) is 6.57. The maximum Gasteiger partial charge on any atom is 0.283 e. The number of para-hydroxylation sites is 2. The number of amides is 2. The fraction of sp³-hybridized carbons (Fsp3) is 0.233. The number of thioether (sulfide) groups is 1. The Balaban J connectivity index is 1.45. The van der Waals surface area contributed by atoms with Crippen molar-refractivity contribution in [2.75, 3.05) is 43.4 Å². The first-order valence-electron chi connectivity index (χ1n) is 12.5. The molecule has 0 unspecified atom stereocenters. The zero-order valence-corrected chi connectivity index (χ0v) is 22.9. The van der Waals surface area contributed by atoms with E-state index < -0.39 is 0 Å². The Morgan fingerprint density at radius 2 is 1.67 bits per heavy atom. The Labute approximate surface area is 231 Å². The van der Waals surface area contributed by atoms with Crippen LogP contribution >= 0.6 is 11.8 Å². The van der Waals surface area contributed by atoms with Crippen LogP contribution in [0.1, 0.15) is 17.5 Å². The summed E-state index contributed by atoms with van der Waals surface area (Å²) in [6, 6.07) is 20.8. The number of benzene rings is 3. The molecule has 2 amide bonds. The lowest BCUT2D eigenvalue weighted by atomic mass is 10.0. The number of rotatable bonds is 7. The fourth-order valence-electron chi connectivity index (χ4n) is 4.74. The summed E-state index contributed by atoms with van der Waals surface area (Å²) in [5, 5.41) is 0.448. The molecule has 0 radical (unpaired) electrons. The maximum absolute atomic E-state index is 13.6. The lowest BCUT2D eigenvalue weighted by Gasteiger charge is -2.29. The number of fused-ring (bicyclic) bond motifs is 1. The van der Waals surface area contributed by atoms with Crippen LogP contribution in [0.25, 0.3) is 6.08 Å². The maximum atomic E-state index is 13.6. The van der Waals surface area contributed by atoms with Gasteiger partial charge in [-0.1, -0.05) is 48.2 Å². The van der Waals surface area contributed by atoms with Crippen molar-refractivity contribution in [1.29, 1.82) is 0 Å². The molecular formula is C30H29N3O5S. The smallest absolute Gasteiger partial charge is 0.283 e. The van der Waals surface area contributed by atoms with Crippen LogP contribution in [-0.2, 0) is 16.0 Å². The molecule has 39 heavy (non-hydrogen) atoms. The number of methoxy groups -OCH3 is 3. The first kappa shape index (κ1) is 26.4. The largest absolute Gasteiger partial charge is 0.493 e. The number of nitrogens with zero attached hydrogens (tertiary/aromatic N) is 3. The molecule has 2 aliphatic rings. The summed E-state index contributed by atoms with van der Waals surface area (Å²) in [7, 11) is 4.61. The second kappa shape index (κ2) is 11.7. The molecule has 0 saturated heterocycles. The van der Waals surface area contributed by atoms with E-state index in [4.69, 9.17) is 14.2 Å². The van der Waals surface area contributed by atoms with Crippen molar-refractivity contribution in [3.8, 4) is 17.2 Å². The number of aryl methyl sites for hydroxylation is 1. The van der Waals surface area contributed by atoms with Crippen molar-refractivity contribution < 1.29 is 23.8 Å². The van der Waals surface area contributed by atoms with E-state index >= 15 is 0 Å². The minimum absolute atomic E-state index is 0.0163. The normalized spacial score (nSPS) is 15.7. The molecule has 0 fully saturated rings. The van der Waals surface area contributed by atoms with E-state index in [0.29, 0.717) is 40.2 Å². The molecule has 0 aromatic heterocycles. The van der Waals surface area contributed by atoms with E-state index in [9.17, 15) is 9.59 Å². The molecule has 2 heterocycles. The number of carbonyl (C=O) groups excluding carboxylic acids is 2. The van der Waals surface area contributed by atoms with Crippen molar-refractivity contribution in [3.05, 3.63) is 83.6 Å². The van der Waals surface area contributed by atoms with E-state index in [1.807, 2.05) is 53.4 Å². The third kappa shape index (κ3) is 5.35. The van der Waals surface area contributed by atoms with Gasteiger partial charge in [0.2, 0.25) is 11.7 Å². The second-order valence-electron chi connectivity index (χ2n) is 8.93. The number of carbonyl (C=O) groups is 2. The first-order valence-corrected chi connectivity index (χ1v) is 13.5. The third-order valence-corrected chi connectivity index (χ3v) is 7.49. The topological polar surface area (TPSA) is 80.7 Å². The van der Waals surface area contributed by atoms with E-state index in [0.717, 1.165) is 18.5 Å². The Morgan fingerprint density at radius 1 is 0.974 bits per heavy atom. The number of ether oxygens (including phenoxy) is 3. The quantitative estimate of drug-likeness (QED) is 0.383. The Morgan fingerprint density at radius 3 is 2.36 bits per heavy atom. The summed E-state index contributed by atoms with van der Waals surface area (Å²) >= 11 is 1.26. The van der Waals surface area contributed by atoms with Gasteiger partial charge in [-0.25, -0.2) is 4.99 Å². The van der Waals surface area contributed by atoms with E-state index in [1.54, 1.807) is 23.1 Å². The minimum atomic E-state index is -0.284. The molecule has 8 nitrogen and oxygen atoms in total. The van der Waals surface area contributed by atoms with Gasteiger partial charge in [0, 0.05) is 12.2 Å². The van der Waals surface area contributed by atoms with Crippen molar-refractivity contribution in [2.45, 2.75) is 12.8 Å². The van der Waals surface area contributed by atoms with E-state index in [1.165, 1.54) is 38.7 Å². The highest BCUT2D eigenvalue weighted by Crippen LogP contribution is 2.39. The van der Waals surface area contributed by atoms with Gasteiger partial charge in [0.05, 0.1) is 32.8 Å². The number of hydrogen-bond donors (Lipinski definition) is 0. The van der Waals surface area contributed by atoms with Crippen molar-refractivity contribution in [2.24, 2.45) is 4.99 Å². The molecule has 0 spiro atoms. The van der Waals surface area contributed by atoms with Crippen LogP contribution in [0.4, 0.5) is 11.4 Å². The molecule has 0 atom stereocenters. The molecule has 3 aromatic carbocycles. The Kier molecular flexibility index (Phi) is 7.88. The van der Waals surface area contributed by atoms with Crippen LogP contribution in [0, 0.1) is 0 Å². The molecule has 0 aliphatic carbocycles. The van der Waals surface area contributed by atoms with Crippen molar-refractivity contribution in [1.82, 2.24) is 0 Å². The second-order valence-corrected chi connectivity index (χ2v) is 9.87. The number of hydrogen-bond acceptors (Lipinski definition) is 7. The van der Waals surface area contributed by atoms with Crippen molar-refractivity contribution >= 4 is 46.2 Å². The van der Waals surface area contributed by atoms with Crippen LogP contribution < -0.4 is 24.0 Å². The van der Waals surface area contributed by atoms with Gasteiger partial charge in [-0.2, -0.15) is 0 Å². The van der Waals surface area contributed by atoms with Crippen LogP contribution in [0.2, 0.25) is 0 Å². The predicted octanol–water partition coefficient (Wildman–Crippen LogP) is 5.17. The summed E-state index contributed by atoms with van der Waals surface area (Å²) < 4.78 is 16.3. The van der Waals surface area contributed by atoms with Gasteiger partial charge in [-0.3, -0.25) is 14.5 Å². The van der Waals surface area contributed by atoms with E-state index in [-0.39, 0.29) is 23.3 Å². The van der Waals surface area contributed by atoms with E-state index in [2.05, 4.69) is 11.1 Å². The number of aliphatic imine (C=N–C) groups is 1. The first-order chi connectivity index (χ1) is 19.0. The van der Waals surface area contributed by atoms with Crippen molar-refractivity contribution in [3.63, 3.8) is 0 Å². The van der Waals surface area contributed by atoms with Gasteiger partial charge < -0.3 is 19.1 Å². The van der Waals surface area contributed by atoms with Gasteiger partial charge in [-0.15, -0.1) is 0 Å². The lowest BCUT2D eigenvalue weighted by molar-refractivity contribution is -0.116. The van der Waals surface area contributed by atoms with Gasteiger partial charge in [-0.05, 0) is 60.4 Å². The molecule has 9 heteroatoms. The average molecular weight is 544 g/mol. The minimum Gasteiger partial charge on any atom is -0.493 e. The molecule has 5 rings (SSSR count). The monoisotopic (exact) mass is 543 g/mol. The van der Waals surface area contributed by atoms with Crippen LogP contribution in [-0.4, -0.2) is 50.6 Å². The summed E-state index contributed by atoms with van der Waals surface area (Å²) in [5.41, 5.74) is 3.72. The highest BCUT2D eigenvalue weighted by atomic mass is 32.2. The molecule has 0 N–H and O–H groups in total. The van der Waals surface area contributed by atoms with Gasteiger partial charge in [0.15, 0.2) is 16.7 Å². The molecule has 0 bridgehead atoms. The number of anilines is 2. The predicted molar refractivity (Wildman–Crippen MR) is 155 cm³/mol. The molecule has 0 saturated carbocycles. The summed E-state index contributed by atoms with van der Waals surface area (Å²) in [6.07, 6.45) is 3.56. The zero-order valence-electron chi connectivity index (χ0n) is 22.0. The molecule has 200 valence electrons. The van der Waals surface area contributed by atoms with Crippen LogP contribution in [0.3, 0.4) is 0 Å².